The third-order valence-corrected chi connectivity index (χ3v) is 9.00. The average molecular weight is 693 g/mol. The predicted octanol–water partition coefficient (Wildman–Crippen LogP) is -1.11. The van der Waals surface area contributed by atoms with Crippen molar-refractivity contribution in [3.63, 3.8) is 0 Å². The molecule has 2 fully saturated rings. The van der Waals surface area contributed by atoms with Gasteiger partial charge in [0.1, 0.15) is 60.3 Å². The molecule has 1 spiro atoms. The number of halogens is 2. The Morgan fingerprint density at radius 3 is 1.59 bits per heavy atom. The number of benzene rings is 3. The molecule has 3 aromatic rings. The second kappa shape index (κ2) is 12.4. The van der Waals surface area contributed by atoms with Gasteiger partial charge in [0.2, 0.25) is 12.6 Å². The summed E-state index contributed by atoms with van der Waals surface area (Å²) in [7, 11) is 0. The first-order chi connectivity index (χ1) is 23.4. The van der Waals surface area contributed by atoms with Gasteiger partial charge in [-0.1, -0.05) is 18.2 Å². The van der Waals surface area contributed by atoms with Crippen LogP contribution in [0.15, 0.2) is 48.5 Å². The van der Waals surface area contributed by atoms with E-state index in [1.807, 2.05) is 0 Å². The van der Waals surface area contributed by atoms with E-state index < -0.39 is 109 Å². The molecule has 7 rings (SSSR count). The van der Waals surface area contributed by atoms with Gasteiger partial charge in [0.05, 0.1) is 29.9 Å². The van der Waals surface area contributed by atoms with Crippen molar-refractivity contribution >= 4 is 5.97 Å². The van der Waals surface area contributed by atoms with E-state index in [9.17, 15) is 45.6 Å². The summed E-state index contributed by atoms with van der Waals surface area (Å²) in [6.07, 6.45) is -17.1. The van der Waals surface area contributed by atoms with Crippen molar-refractivity contribution in [3.8, 4) is 23.0 Å². The SMILES string of the molecule is O=C1OC2(c3cc(F)c(OC4O[C@H](CO)[C@H](O)[C@H](O)[C@H]4O)cc3Oc3cc(OC4O[C@H](CO)[C@H](O)[C@H](O)[C@H]4O)c(F)cc32)c2ccccc21. The number of rotatable bonds is 6. The van der Waals surface area contributed by atoms with Gasteiger partial charge in [0.15, 0.2) is 28.7 Å². The molecule has 0 aromatic heterocycles. The Balaban J connectivity index is 1.31. The van der Waals surface area contributed by atoms with E-state index in [1.54, 1.807) is 12.1 Å². The Labute approximate surface area is 274 Å². The molecule has 2 saturated heterocycles. The van der Waals surface area contributed by atoms with E-state index in [0.29, 0.717) is 0 Å². The van der Waals surface area contributed by atoms with Crippen molar-refractivity contribution in [1.82, 2.24) is 0 Å². The number of carbonyl (C=O) groups is 1. The highest BCUT2D eigenvalue weighted by Gasteiger charge is 2.55. The Bertz CT molecular complexity index is 1670. The zero-order valence-corrected chi connectivity index (χ0v) is 25.0. The van der Waals surface area contributed by atoms with Gasteiger partial charge < -0.3 is 69.3 Å². The van der Waals surface area contributed by atoms with Crippen LogP contribution in [0.1, 0.15) is 27.0 Å². The van der Waals surface area contributed by atoms with Crippen molar-refractivity contribution in [2.75, 3.05) is 13.2 Å². The number of hydrogen-bond acceptors (Lipinski definition) is 15. The molecule has 0 saturated carbocycles. The molecule has 4 aliphatic heterocycles. The van der Waals surface area contributed by atoms with E-state index in [2.05, 4.69) is 0 Å². The molecule has 3 aromatic carbocycles. The first kappa shape index (κ1) is 33.5. The number of hydrogen-bond donors (Lipinski definition) is 8. The monoisotopic (exact) mass is 692 g/mol. The Morgan fingerprint density at radius 2 is 1.12 bits per heavy atom. The fraction of sp³-hybridized carbons (Fsp3) is 0.406. The fourth-order valence-electron chi connectivity index (χ4n) is 6.43. The molecule has 262 valence electrons. The Hall–Kier alpha value is -4.01. The smallest absolute Gasteiger partial charge is 0.340 e. The lowest BCUT2D eigenvalue weighted by molar-refractivity contribution is -0.277. The van der Waals surface area contributed by atoms with Crippen molar-refractivity contribution in [3.05, 3.63) is 82.4 Å². The topological polar surface area (TPSA) is 234 Å². The van der Waals surface area contributed by atoms with E-state index in [4.69, 9.17) is 28.4 Å². The summed E-state index contributed by atoms with van der Waals surface area (Å²) < 4.78 is 65.4. The molecule has 10 atom stereocenters. The molecule has 2 unspecified atom stereocenters. The summed E-state index contributed by atoms with van der Waals surface area (Å²) in [6.45, 7) is -1.54. The Morgan fingerprint density at radius 1 is 0.653 bits per heavy atom. The third kappa shape index (κ3) is 5.21. The molecule has 4 aliphatic rings. The van der Waals surface area contributed by atoms with Crippen LogP contribution in [0.5, 0.6) is 23.0 Å². The van der Waals surface area contributed by atoms with E-state index in [1.165, 1.54) is 12.1 Å². The van der Waals surface area contributed by atoms with Crippen molar-refractivity contribution < 1.29 is 82.8 Å². The molecule has 0 bridgehead atoms. The average Bonchev–Trinajstić information content (AvgIpc) is 3.39. The van der Waals surface area contributed by atoms with Gasteiger partial charge in [0, 0.05) is 17.7 Å². The normalized spacial score (nSPS) is 34.8. The lowest BCUT2D eigenvalue weighted by Gasteiger charge is -2.40. The molecule has 17 heteroatoms. The quantitative estimate of drug-likeness (QED) is 0.143. The van der Waals surface area contributed by atoms with Crippen LogP contribution >= 0.6 is 0 Å². The first-order valence-corrected chi connectivity index (χ1v) is 15.0. The van der Waals surface area contributed by atoms with Gasteiger partial charge in [0.25, 0.3) is 0 Å². The van der Waals surface area contributed by atoms with Gasteiger partial charge >= 0.3 is 5.97 Å². The van der Waals surface area contributed by atoms with E-state index in [-0.39, 0.29) is 33.8 Å². The minimum absolute atomic E-state index is 0.0883. The highest BCUT2D eigenvalue weighted by molar-refractivity contribution is 5.97. The van der Waals surface area contributed by atoms with Gasteiger partial charge in [-0.05, 0) is 18.2 Å². The minimum atomic E-state index is -1.98. The minimum Gasteiger partial charge on any atom is -0.459 e. The van der Waals surface area contributed by atoms with Gasteiger partial charge in [-0.25, -0.2) is 13.6 Å². The molecule has 4 heterocycles. The van der Waals surface area contributed by atoms with Crippen LogP contribution in [0.2, 0.25) is 0 Å². The van der Waals surface area contributed by atoms with Crippen molar-refractivity contribution in [2.45, 2.75) is 67.0 Å². The summed E-state index contributed by atoms with van der Waals surface area (Å²) in [6, 6.07) is 9.98. The number of aliphatic hydroxyl groups excluding tert-OH is 8. The molecule has 15 nitrogen and oxygen atoms in total. The molecule has 49 heavy (non-hydrogen) atoms. The maximum atomic E-state index is 15.9. The van der Waals surface area contributed by atoms with Crippen LogP contribution in [0, 0.1) is 11.6 Å². The van der Waals surface area contributed by atoms with Crippen LogP contribution in [-0.4, -0.2) is 121 Å². The second-order valence-electron chi connectivity index (χ2n) is 11.9. The number of aliphatic hydroxyl groups is 8. The summed E-state index contributed by atoms with van der Waals surface area (Å²) in [5, 5.41) is 80.5. The van der Waals surface area contributed by atoms with Crippen LogP contribution in [0.25, 0.3) is 0 Å². The Kier molecular flexibility index (Phi) is 8.47. The molecule has 0 radical (unpaired) electrons. The number of ether oxygens (including phenoxy) is 6. The van der Waals surface area contributed by atoms with Crippen LogP contribution in [-0.2, 0) is 19.8 Å². The van der Waals surface area contributed by atoms with Gasteiger partial charge in [-0.3, -0.25) is 0 Å². The molecule has 0 amide bonds. The predicted molar refractivity (Wildman–Crippen MR) is 153 cm³/mol. The fourth-order valence-corrected chi connectivity index (χ4v) is 6.43. The summed E-state index contributed by atoms with van der Waals surface area (Å²) >= 11 is 0. The van der Waals surface area contributed by atoms with Gasteiger partial charge in [-0.2, -0.15) is 0 Å². The van der Waals surface area contributed by atoms with Crippen molar-refractivity contribution in [2.24, 2.45) is 0 Å². The number of esters is 1. The van der Waals surface area contributed by atoms with Crippen molar-refractivity contribution in [1.29, 1.82) is 0 Å². The maximum Gasteiger partial charge on any atom is 0.340 e. The lowest BCUT2D eigenvalue weighted by atomic mass is 9.77. The van der Waals surface area contributed by atoms with E-state index >= 15 is 8.78 Å². The van der Waals surface area contributed by atoms with Crippen LogP contribution in [0.4, 0.5) is 8.78 Å². The molecular weight excluding hydrogens is 662 g/mol. The number of fused-ring (bicyclic) bond motifs is 6. The highest BCUT2D eigenvalue weighted by atomic mass is 19.1. The van der Waals surface area contributed by atoms with Gasteiger partial charge in [-0.15, -0.1) is 0 Å². The standard InChI is InChI=1S/C32H30F2O15/c33-15-5-13-17(7-19(15)45-30-27(41)25(39)23(37)21(9-35)47-30)44-18-8-20(46-31-28(42)26(40)24(38)22(10-36)48-31)16(34)6-14(18)32(13)12-4-2-1-3-11(12)29(43)49-32/h1-8,21-28,30-31,35-42H,9-10H2/t21-,22-,23+,24+,25+,26+,27-,28-,30?,31?,32?/m1/s1. The third-order valence-electron chi connectivity index (χ3n) is 9.00. The summed E-state index contributed by atoms with van der Waals surface area (Å²) in [4.78, 5) is 13.2. The molecular formula is C32H30F2O15. The zero-order valence-electron chi connectivity index (χ0n) is 25.0. The second-order valence-corrected chi connectivity index (χ2v) is 11.9. The lowest BCUT2D eigenvalue weighted by Crippen LogP contribution is -2.60. The first-order valence-electron chi connectivity index (χ1n) is 15.0. The summed E-state index contributed by atoms with van der Waals surface area (Å²) in [5.41, 5.74) is -1.89. The molecule has 0 aliphatic carbocycles. The maximum absolute atomic E-state index is 15.9. The summed E-state index contributed by atoms with van der Waals surface area (Å²) in [5.74, 6) is -4.58. The van der Waals surface area contributed by atoms with Crippen LogP contribution in [0.3, 0.4) is 0 Å². The van der Waals surface area contributed by atoms with E-state index in [0.717, 1.165) is 24.3 Å². The van der Waals surface area contributed by atoms with Crippen LogP contribution < -0.4 is 14.2 Å². The largest absolute Gasteiger partial charge is 0.459 e. The number of carbonyl (C=O) groups excluding carboxylic acids is 1. The molecule has 8 N–H and O–H groups in total. The highest BCUT2D eigenvalue weighted by Crippen LogP contribution is 2.58. The zero-order chi connectivity index (χ0) is 34.9.